The van der Waals surface area contributed by atoms with Crippen LogP contribution in [-0.4, -0.2) is 44.8 Å². The summed E-state index contributed by atoms with van der Waals surface area (Å²) in [6.45, 7) is 12.2. The molecular formula is C31H43N3O3. The van der Waals surface area contributed by atoms with E-state index in [1.165, 1.54) is 24.0 Å². The quantitative estimate of drug-likeness (QED) is 0.246. The number of carbonyl (C=O) groups is 1. The van der Waals surface area contributed by atoms with Crippen molar-refractivity contribution >= 4 is 11.6 Å². The van der Waals surface area contributed by atoms with E-state index in [0.717, 1.165) is 81.1 Å². The van der Waals surface area contributed by atoms with E-state index in [-0.39, 0.29) is 11.9 Å². The van der Waals surface area contributed by atoms with E-state index in [9.17, 15) is 4.79 Å². The Kier molecular flexibility index (Phi) is 9.51. The first-order valence-corrected chi connectivity index (χ1v) is 13.9. The summed E-state index contributed by atoms with van der Waals surface area (Å²) in [7, 11) is 0. The summed E-state index contributed by atoms with van der Waals surface area (Å²) in [5, 5.41) is 3.56. The van der Waals surface area contributed by atoms with Crippen LogP contribution in [-0.2, 0) is 19.3 Å². The van der Waals surface area contributed by atoms with Crippen LogP contribution in [0.15, 0.2) is 43.0 Å². The predicted octanol–water partition coefficient (Wildman–Crippen LogP) is 5.07. The lowest BCUT2D eigenvalue weighted by molar-refractivity contribution is 0.100. The third-order valence-corrected chi connectivity index (χ3v) is 7.22. The molecule has 0 saturated heterocycles. The Morgan fingerprint density at radius 3 is 2.78 bits per heavy atom. The summed E-state index contributed by atoms with van der Waals surface area (Å²) in [5.74, 6) is 1.96. The highest BCUT2D eigenvalue weighted by Gasteiger charge is 2.25. The highest BCUT2D eigenvalue weighted by Crippen LogP contribution is 2.35. The van der Waals surface area contributed by atoms with Crippen molar-refractivity contribution in [2.24, 2.45) is 11.7 Å². The van der Waals surface area contributed by atoms with Crippen LogP contribution >= 0.6 is 0 Å². The molecule has 0 spiro atoms. The van der Waals surface area contributed by atoms with E-state index in [4.69, 9.17) is 15.2 Å². The lowest BCUT2D eigenvalue weighted by Gasteiger charge is -2.22. The fraction of sp³-hybridized carbons (Fsp3) is 0.516. The molecule has 0 bridgehead atoms. The van der Waals surface area contributed by atoms with Crippen LogP contribution in [0.3, 0.4) is 0 Å². The van der Waals surface area contributed by atoms with Crippen molar-refractivity contribution in [3.05, 3.63) is 65.2 Å². The topological polar surface area (TPSA) is 76.8 Å². The number of anilines is 1. The number of benzene rings is 2. The van der Waals surface area contributed by atoms with E-state index in [0.29, 0.717) is 18.1 Å². The van der Waals surface area contributed by atoms with Gasteiger partial charge in [0.05, 0.1) is 17.9 Å². The standard InChI is InChI=1S/C31H43N3O3/c1-4-6-14-34-15-12-26-18-25(19-27(30(26)34)31(32)35)17-22(3)33-13-16-36-28-11-10-23(7-5-2)20-29(28)37-21-24-8-9-24/h5,10-11,18-20,22,24,33H,2,4,6-9,12-17,21H2,1,3H3,(H2,32,35)/t22-/m1/s1. The second-order valence-electron chi connectivity index (χ2n) is 10.5. The molecule has 1 aliphatic carbocycles. The van der Waals surface area contributed by atoms with Gasteiger partial charge in [-0.2, -0.15) is 0 Å². The molecule has 6 nitrogen and oxygen atoms in total. The van der Waals surface area contributed by atoms with Gasteiger partial charge in [0.1, 0.15) is 6.61 Å². The second kappa shape index (κ2) is 13.0. The average molecular weight is 506 g/mol. The van der Waals surface area contributed by atoms with Gasteiger partial charge in [-0.1, -0.05) is 31.6 Å². The molecule has 4 rings (SSSR count). The zero-order chi connectivity index (χ0) is 26.2. The number of hydrogen-bond donors (Lipinski definition) is 2. The van der Waals surface area contributed by atoms with Gasteiger partial charge in [0.15, 0.2) is 11.5 Å². The molecule has 1 atom stereocenters. The molecule has 0 unspecified atom stereocenters. The van der Waals surface area contributed by atoms with Gasteiger partial charge in [-0.25, -0.2) is 0 Å². The maximum atomic E-state index is 12.3. The van der Waals surface area contributed by atoms with Crippen LogP contribution < -0.4 is 25.4 Å². The number of allylic oxidation sites excluding steroid dienone is 1. The van der Waals surface area contributed by atoms with Crippen molar-refractivity contribution in [1.29, 1.82) is 0 Å². The van der Waals surface area contributed by atoms with Gasteiger partial charge in [-0.05, 0) is 86.3 Å². The van der Waals surface area contributed by atoms with Gasteiger partial charge in [0, 0.05) is 25.7 Å². The smallest absolute Gasteiger partial charge is 0.250 e. The van der Waals surface area contributed by atoms with Crippen molar-refractivity contribution in [2.75, 3.05) is 37.7 Å². The second-order valence-corrected chi connectivity index (χ2v) is 10.5. The molecule has 1 saturated carbocycles. The van der Waals surface area contributed by atoms with Crippen molar-refractivity contribution in [3.63, 3.8) is 0 Å². The maximum Gasteiger partial charge on any atom is 0.250 e. The molecule has 3 N–H and O–H groups in total. The van der Waals surface area contributed by atoms with Gasteiger partial charge in [-0.15, -0.1) is 6.58 Å². The Hall–Kier alpha value is -2.99. The summed E-state index contributed by atoms with van der Waals surface area (Å²) in [4.78, 5) is 14.6. The first-order chi connectivity index (χ1) is 18.0. The minimum atomic E-state index is -0.339. The third kappa shape index (κ3) is 7.51. The highest BCUT2D eigenvalue weighted by atomic mass is 16.5. The summed E-state index contributed by atoms with van der Waals surface area (Å²) in [5.41, 5.74) is 11.1. The normalized spacial score (nSPS) is 15.4. The van der Waals surface area contributed by atoms with Gasteiger partial charge in [0.25, 0.3) is 5.91 Å². The molecular weight excluding hydrogens is 462 g/mol. The van der Waals surface area contributed by atoms with Crippen LogP contribution in [0.4, 0.5) is 5.69 Å². The first-order valence-electron chi connectivity index (χ1n) is 13.9. The van der Waals surface area contributed by atoms with Crippen molar-refractivity contribution in [1.82, 2.24) is 5.32 Å². The molecule has 200 valence electrons. The van der Waals surface area contributed by atoms with Gasteiger partial charge < -0.3 is 25.4 Å². The Labute approximate surface area is 222 Å². The zero-order valence-electron chi connectivity index (χ0n) is 22.6. The monoisotopic (exact) mass is 505 g/mol. The molecule has 37 heavy (non-hydrogen) atoms. The molecule has 1 fully saturated rings. The summed E-state index contributed by atoms with van der Waals surface area (Å²) < 4.78 is 12.2. The van der Waals surface area contributed by atoms with Crippen LogP contribution in [0, 0.1) is 5.92 Å². The first kappa shape index (κ1) is 27.1. The Bertz CT molecular complexity index is 1080. The molecule has 0 aromatic heterocycles. The minimum Gasteiger partial charge on any atom is -0.489 e. The Morgan fingerprint density at radius 2 is 2.05 bits per heavy atom. The van der Waals surface area contributed by atoms with Gasteiger partial charge >= 0.3 is 0 Å². The average Bonchev–Trinajstić information content (AvgIpc) is 3.63. The van der Waals surface area contributed by atoms with Crippen LogP contribution in [0.2, 0.25) is 0 Å². The highest BCUT2D eigenvalue weighted by molar-refractivity contribution is 6.00. The minimum absolute atomic E-state index is 0.237. The van der Waals surface area contributed by atoms with Crippen molar-refractivity contribution < 1.29 is 14.3 Å². The molecule has 2 aromatic rings. The summed E-state index contributed by atoms with van der Waals surface area (Å²) >= 11 is 0. The number of rotatable bonds is 16. The van der Waals surface area contributed by atoms with E-state index < -0.39 is 0 Å². The Morgan fingerprint density at radius 1 is 1.22 bits per heavy atom. The predicted molar refractivity (Wildman–Crippen MR) is 151 cm³/mol. The Balaban J connectivity index is 1.30. The third-order valence-electron chi connectivity index (χ3n) is 7.22. The number of carbonyl (C=O) groups excluding carboxylic acids is 1. The fourth-order valence-corrected chi connectivity index (χ4v) is 5.03. The molecule has 1 aliphatic heterocycles. The van der Waals surface area contributed by atoms with Crippen LogP contribution in [0.1, 0.15) is 66.6 Å². The number of amides is 1. The number of nitrogens with one attached hydrogen (secondary N) is 1. The number of nitrogens with two attached hydrogens (primary N) is 1. The van der Waals surface area contributed by atoms with Crippen LogP contribution in [0.5, 0.6) is 11.5 Å². The van der Waals surface area contributed by atoms with Gasteiger partial charge in [0.2, 0.25) is 0 Å². The van der Waals surface area contributed by atoms with Crippen LogP contribution in [0.25, 0.3) is 0 Å². The maximum absolute atomic E-state index is 12.3. The fourth-order valence-electron chi connectivity index (χ4n) is 5.03. The molecule has 1 heterocycles. The SMILES string of the molecule is C=CCc1ccc(OCCN[C@H](C)Cc2cc3c(c(C(N)=O)c2)N(CCCC)CC3)c(OCC2CC2)c1. The van der Waals surface area contributed by atoms with E-state index >= 15 is 0 Å². The number of nitrogens with zero attached hydrogens (tertiary/aromatic N) is 1. The molecule has 2 aromatic carbocycles. The summed E-state index contributed by atoms with van der Waals surface area (Å²) in [6, 6.07) is 10.6. The molecule has 2 aliphatic rings. The summed E-state index contributed by atoms with van der Waals surface area (Å²) in [6.07, 6.45) is 9.29. The lowest BCUT2D eigenvalue weighted by Crippen LogP contribution is -2.32. The van der Waals surface area contributed by atoms with Crippen molar-refractivity contribution in [2.45, 2.75) is 64.8 Å². The number of fused-ring (bicyclic) bond motifs is 1. The van der Waals surface area contributed by atoms with Gasteiger partial charge in [-0.3, -0.25) is 4.79 Å². The molecule has 1 amide bonds. The number of unbranched alkanes of at least 4 members (excludes halogenated alkanes) is 1. The number of hydrogen-bond acceptors (Lipinski definition) is 5. The molecule has 6 heteroatoms. The molecule has 0 radical (unpaired) electrons. The number of primary amides is 1. The lowest BCUT2D eigenvalue weighted by atomic mass is 9.98. The van der Waals surface area contributed by atoms with E-state index in [2.05, 4.69) is 48.8 Å². The van der Waals surface area contributed by atoms with E-state index in [1.807, 2.05) is 18.2 Å². The number of ether oxygens (including phenoxy) is 2. The largest absolute Gasteiger partial charge is 0.489 e. The van der Waals surface area contributed by atoms with E-state index in [1.54, 1.807) is 0 Å². The van der Waals surface area contributed by atoms with Crippen molar-refractivity contribution in [3.8, 4) is 11.5 Å². The zero-order valence-corrected chi connectivity index (χ0v) is 22.6.